The zero-order chi connectivity index (χ0) is 11.8. The number of hydrogen-bond donors (Lipinski definition) is 3. The number of H-pyrrole nitrogens is 1. The van der Waals surface area contributed by atoms with E-state index in [1.165, 1.54) is 0 Å². The van der Waals surface area contributed by atoms with Gasteiger partial charge in [-0.05, 0) is 24.6 Å². The average Bonchev–Trinajstić information content (AvgIpc) is 2.73. The lowest BCUT2D eigenvalue weighted by Crippen LogP contribution is -2.32. The first-order chi connectivity index (χ1) is 8.24. The Morgan fingerprint density at radius 1 is 1.59 bits per heavy atom. The Morgan fingerprint density at radius 2 is 2.47 bits per heavy atom. The van der Waals surface area contributed by atoms with Gasteiger partial charge < -0.3 is 15.4 Å². The van der Waals surface area contributed by atoms with Crippen LogP contribution in [-0.4, -0.2) is 32.6 Å². The fourth-order valence-corrected chi connectivity index (χ4v) is 2.25. The molecule has 0 fully saturated rings. The van der Waals surface area contributed by atoms with Gasteiger partial charge in [-0.15, -0.1) is 0 Å². The monoisotopic (exact) mass is 232 g/mol. The maximum Gasteiger partial charge on any atom is 0.305 e. The van der Waals surface area contributed by atoms with Crippen LogP contribution >= 0.6 is 0 Å². The van der Waals surface area contributed by atoms with Crippen molar-refractivity contribution in [2.45, 2.75) is 18.9 Å². The van der Waals surface area contributed by atoms with Crippen molar-refractivity contribution >= 4 is 17.1 Å². The molecule has 0 saturated heterocycles. The summed E-state index contributed by atoms with van der Waals surface area (Å²) in [6, 6.07) is 1.80. The van der Waals surface area contributed by atoms with Gasteiger partial charge in [0.05, 0.1) is 30.0 Å². The zero-order valence-corrected chi connectivity index (χ0v) is 9.10. The van der Waals surface area contributed by atoms with Crippen LogP contribution < -0.4 is 5.32 Å². The van der Waals surface area contributed by atoms with Crippen LogP contribution in [0.3, 0.4) is 0 Å². The lowest BCUT2D eigenvalue weighted by atomic mass is 9.97. The highest BCUT2D eigenvalue weighted by atomic mass is 16.4. The SMILES string of the molecule is O=C(O)CC1NCCc2cc3[nH]cnc3nc21. The first-order valence-corrected chi connectivity index (χ1v) is 5.52. The third kappa shape index (κ3) is 1.76. The van der Waals surface area contributed by atoms with E-state index in [1.54, 1.807) is 6.33 Å². The molecule has 0 aliphatic carbocycles. The Balaban J connectivity index is 2.08. The molecule has 3 heterocycles. The number of fused-ring (bicyclic) bond motifs is 2. The van der Waals surface area contributed by atoms with Gasteiger partial charge in [-0.3, -0.25) is 4.79 Å². The summed E-state index contributed by atoms with van der Waals surface area (Å²) in [6.07, 6.45) is 2.52. The predicted molar refractivity (Wildman–Crippen MR) is 60.6 cm³/mol. The van der Waals surface area contributed by atoms with E-state index >= 15 is 0 Å². The number of carboxylic acid groups (broad SMARTS) is 1. The summed E-state index contributed by atoms with van der Waals surface area (Å²) in [5.74, 6) is -0.820. The van der Waals surface area contributed by atoms with Crippen LogP contribution in [0.25, 0.3) is 11.2 Å². The molecular weight excluding hydrogens is 220 g/mol. The molecule has 0 radical (unpaired) electrons. The van der Waals surface area contributed by atoms with Crippen molar-refractivity contribution in [3.05, 3.63) is 23.7 Å². The first-order valence-electron chi connectivity index (χ1n) is 5.52. The Hall–Kier alpha value is -1.95. The van der Waals surface area contributed by atoms with Crippen LogP contribution in [-0.2, 0) is 11.2 Å². The number of imidazole rings is 1. The molecule has 6 nitrogen and oxygen atoms in total. The van der Waals surface area contributed by atoms with Crippen molar-refractivity contribution in [2.75, 3.05) is 6.54 Å². The van der Waals surface area contributed by atoms with Crippen molar-refractivity contribution in [1.29, 1.82) is 0 Å². The van der Waals surface area contributed by atoms with Crippen LogP contribution in [0, 0.1) is 0 Å². The summed E-state index contributed by atoms with van der Waals surface area (Å²) < 4.78 is 0. The van der Waals surface area contributed by atoms with Crippen LogP contribution in [0.1, 0.15) is 23.7 Å². The Labute approximate surface area is 97.1 Å². The van der Waals surface area contributed by atoms with E-state index in [0.717, 1.165) is 29.7 Å². The number of aliphatic carboxylic acids is 1. The van der Waals surface area contributed by atoms with Crippen LogP contribution in [0.5, 0.6) is 0 Å². The molecule has 3 N–H and O–H groups in total. The molecule has 88 valence electrons. The largest absolute Gasteiger partial charge is 0.481 e. The minimum absolute atomic E-state index is 0.0515. The van der Waals surface area contributed by atoms with Crippen molar-refractivity contribution in [3.63, 3.8) is 0 Å². The van der Waals surface area contributed by atoms with E-state index in [4.69, 9.17) is 5.11 Å². The number of pyridine rings is 1. The summed E-state index contributed by atoms with van der Waals surface area (Å²) in [5, 5.41) is 12.1. The van der Waals surface area contributed by atoms with Gasteiger partial charge in [0.1, 0.15) is 0 Å². The number of aromatic nitrogens is 3. The molecule has 0 bridgehead atoms. The van der Waals surface area contributed by atoms with Gasteiger partial charge in [0, 0.05) is 0 Å². The number of nitrogens with one attached hydrogen (secondary N) is 2. The smallest absolute Gasteiger partial charge is 0.305 e. The maximum absolute atomic E-state index is 10.8. The van der Waals surface area contributed by atoms with E-state index in [-0.39, 0.29) is 12.5 Å². The molecule has 1 aliphatic rings. The first kappa shape index (κ1) is 10.2. The molecule has 17 heavy (non-hydrogen) atoms. The topological polar surface area (TPSA) is 90.9 Å². The molecular formula is C11H12N4O2. The summed E-state index contributed by atoms with van der Waals surface area (Å²) >= 11 is 0. The number of hydrogen-bond acceptors (Lipinski definition) is 4. The maximum atomic E-state index is 10.8. The van der Waals surface area contributed by atoms with Crippen LogP contribution in [0.4, 0.5) is 0 Å². The number of carbonyl (C=O) groups is 1. The van der Waals surface area contributed by atoms with Gasteiger partial charge in [0.15, 0.2) is 5.65 Å². The zero-order valence-electron chi connectivity index (χ0n) is 9.10. The second kappa shape index (κ2) is 3.81. The van der Waals surface area contributed by atoms with Gasteiger partial charge in [-0.2, -0.15) is 0 Å². The highest BCUT2D eigenvalue weighted by Gasteiger charge is 2.24. The third-order valence-corrected chi connectivity index (χ3v) is 3.02. The minimum Gasteiger partial charge on any atom is -0.481 e. The van der Waals surface area contributed by atoms with Gasteiger partial charge in [0.25, 0.3) is 0 Å². The summed E-state index contributed by atoms with van der Waals surface area (Å²) in [5.41, 5.74) is 3.47. The number of rotatable bonds is 2. The number of aromatic amines is 1. The Kier molecular flexibility index (Phi) is 2.29. The van der Waals surface area contributed by atoms with E-state index in [1.807, 2.05) is 6.07 Å². The van der Waals surface area contributed by atoms with Gasteiger partial charge in [-0.25, -0.2) is 9.97 Å². The highest BCUT2D eigenvalue weighted by molar-refractivity contribution is 5.72. The minimum atomic E-state index is -0.820. The Morgan fingerprint density at radius 3 is 3.29 bits per heavy atom. The van der Waals surface area contributed by atoms with Crippen molar-refractivity contribution in [2.24, 2.45) is 0 Å². The molecule has 1 unspecified atom stereocenters. The molecule has 0 saturated carbocycles. The molecule has 0 spiro atoms. The molecule has 0 amide bonds. The fraction of sp³-hybridized carbons (Fsp3) is 0.364. The van der Waals surface area contributed by atoms with Gasteiger partial charge in [-0.1, -0.05) is 0 Å². The third-order valence-electron chi connectivity index (χ3n) is 3.02. The second-order valence-corrected chi connectivity index (χ2v) is 4.16. The molecule has 0 aromatic carbocycles. The summed E-state index contributed by atoms with van der Waals surface area (Å²) in [4.78, 5) is 22.4. The van der Waals surface area contributed by atoms with Gasteiger partial charge in [0.2, 0.25) is 0 Å². The predicted octanol–water partition coefficient (Wildman–Crippen LogP) is 0.619. The second-order valence-electron chi connectivity index (χ2n) is 4.16. The van der Waals surface area contributed by atoms with E-state index in [9.17, 15) is 4.79 Å². The van der Waals surface area contributed by atoms with Crippen molar-refractivity contribution < 1.29 is 9.90 Å². The lowest BCUT2D eigenvalue weighted by Gasteiger charge is -2.24. The molecule has 6 heteroatoms. The molecule has 2 aromatic rings. The number of nitrogens with zero attached hydrogens (tertiary/aromatic N) is 2. The standard InChI is InChI=1S/C11H12N4O2/c16-9(17)4-7-10-6(1-2-12-7)3-8-11(15-10)14-5-13-8/h3,5,7,12H,1-2,4H2,(H,16,17)(H,13,14,15). The normalized spacial score (nSPS) is 19.2. The molecule has 1 aliphatic heterocycles. The van der Waals surface area contributed by atoms with E-state index in [0.29, 0.717) is 5.65 Å². The molecule has 2 aromatic heterocycles. The quantitative estimate of drug-likeness (QED) is 0.706. The van der Waals surface area contributed by atoms with Crippen LogP contribution in [0.15, 0.2) is 12.4 Å². The lowest BCUT2D eigenvalue weighted by molar-refractivity contribution is -0.137. The summed E-state index contributed by atoms with van der Waals surface area (Å²) in [6.45, 7) is 0.784. The number of carboxylic acids is 1. The molecule has 3 rings (SSSR count). The van der Waals surface area contributed by atoms with E-state index in [2.05, 4.69) is 20.3 Å². The average molecular weight is 232 g/mol. The Bertz CT molecular complexity index is 578. The van der Waals surface area contributed by atoms with Gasteiger partial charge >= 0.3 is 5.97 Å². The molecule has 1 atom stereocenters. The highest BCUT2D eigenvalue weighted by Crippen LogP contribution is 2.25. The fourth-order valence-electron chi connectivity index (χ4n) is 2.25. The van der Waals surface area contributed by atoms with Crippen LogP contribution in [0.2, 0.25) is 0 Å². The van der Waals surface area contributed by atoms with Crippen molar-refractivity contribution in [3.8, 4) is 0 Å². The summed E-state index contributed by atoms with van der Waals surface area (Å²) in [7, 11) is 0. The van der Waals surface area contributed by atoms with Crippen molar-refractivity contribution in [1.82, 2.24) is 20.3 Å². The van der Waals surface area contributed by atoms with E-state index < -0.39 is 5.97 Å².